The van der Waals surface area contributed by atoms with E-state index in [1.807, 2.05) is 50.2 Å². The molecule has 1 aliphatic rings. The van der Waals surface area contributed by atoms with Crippen molar-refractivity contribution < 1.29 is 4.74 Å². The number of hydrogen-bond acceptors (Lipinski definition) is 4. The molecular formula is C23H34IN5O. The molecule has 1 atom stereocenters. The van der Waals surface area contributed by atoms with Crippen molar-refractivity contribution >= 4 is 35.8 Å². The number of nitrogens with one attached hydrogen (secondary N) is 2. The van der Waals surface area contributed by atoms with Crippen LogP contribution in [0.2, 0.25) is 0 Å². The quantitative estimate of drug-likeness (QED) is 0.327. The number of ether oxygens (including phenoxy) is 1. The van der Waals surface area contributed by atoms with E-state index in [0.717, 1.165) is 55.7 Å². The summed E-state index contributed by atoms with van der Waals surface area (Å²) in [5, 5.41) is 6.95. The lowest BCUT2D eigenvalue weighted by atomic mass is 10.1. The first-order chi connectivity index (χ1) is 14.1. The number of rotatable bonds is 7. The molecule has 1 unspecified atom stereocenters. The number of anilines is 1. The van der Waals surface area contributed by atoms with Gasteiger partial charge in [-0.25, -0.2) is 9.98 Å². The lowest BCUT2D eigenvalue weighted by Gasteiger charge is -2.34. The Bertz CT molecular complexity index is 778. The van der Waals surface area contributed by atoms with Crippen LogP contribution >= 0.6 is 24.0 Å². The molecule has 0 amide bonds. The standard InChI is InChI=1S/C23H33N5O.HI/c1-4-24-23(25-17-19(3)29-21-10-6-5-7-11-21)27-20-13-15-28(16-14-20)22-12-8-9-18(2)26-22;/h5-12,19-20H,4,13-17H2,1-3H3,(H2,24,25,27);1H. The van der Waals surface area contributed by atoms with Crippen LogP contribution in [0.5, 0.6) is 5.75 Å². The number of para-hydroxylation sites is 1. The molecule has 1 aromatic carbocycles. The van der Waals surface area contributed by atoms with Gasteiger partial charge in [-0.3, -0.25) is 0 Å². The zero-order chi connectivity index (χ0) is 20.5. The minimum absolute atomic E-state index is 0. The average Bonchev–Trinajstić information content (AvgIpc) is 2.73. The van der Waals surface area contributed by atoms with Gasteiger partial charge in [0.1, 0.15) is 17.7 Å². The SMILES string of the molecule is CCNC(=NCC(C)Oc1ccccc1)NC1CCN(c2cccc(C)n2)CC1.I. The number of piperidine rings is 1. The molecule has 1 aromatic heterocycles. The second kappa shape index (κ2) is 12.6. The number of pyridine rings is 1. The van der Waals surface area contributed by atoms with Crippen LogP contribution in [0.15, 0.2) is 53.5 Å². The van der Waals surface area contributed by atoms with E-state index in [0.29, 0.717) is 12.6 Å². The van der Waals surface area contributed by atoms with E-state index in [2.05, 4.69) is 39.6 Å². The molecule has 6 nitrogen and oxygen atoms in total. The highest BCUT2D eigenvalue weighted by atomic mass is 127. The zero-order valence-corrected chi connectivity index (χ0v) is 20.5. The number of aliphatic imine (C=N–C) groups is 1. The number of aryl methyl sites for hydroxylation is 1. The van der Waals surface area contributed by atoms with Gasteiger partial charge in [0.05, 0.1) is 6.54 Å². The average molecular weight is 523 g/mol. The van der Waals surface area contributed by atoms with Gasteiger partial charge in [-0.2, -0.15) is 0 Å². The summed E-state index contributed by atoms with van der Waals surface area (Å²) in [6.07, 6.45) is 2.15. The minimum Gasteiger partial charge on any atom is -0.489 e. The zero-order valence-electron chi connectivity index (χ0n) is 18.2. The fourth-order valence-corrected chi connectivity index (χ4v) is 3.46. The van der Waals surface area contributed by atoms with Crippen LogP contribution in [0.1, 0.15) is 32.4 Å². The molecular weight excluding hydrogens is 489 g/mol. The Hall–Kier alpha value is -2.03. The minimum atomic E-state index is 0. The van der Waals surface area contributed by atoms with E-state index in [-0.39, 0.29) is 30.1 Å². The maximum atomic E-state index is 5.93. The van der Waals surface area contributed by atoms with Gasteiger partial charge in [0.2, 0.25) is 0 Å². The van der Waals surface area contributed by atoms with Gasteiger partial charge in [-0.15, -0.1) is 24.0 Å². The monoisotopic (exact) mass is 523 g/mol. The summed E-state index contributed by atoms with van der Waals surface area (Å²) in [7, 11) is 0. The number of halogens is 1. The summed E-state index contributed by atoms with van der Waals surface area (Å²) in [6.45, 7) is 9.63. The Kier molecular flexibility index (Phi) is 10.2. The molecule has 0 saturated carbocycles. The predicted octanol–water partition coefficient (Wildman–Crippen LogP) is 4.00. The van der Waals surface area contributed by atoms with E-state index in [4.69, 9.17) is 9.73 Å². The first kappa shape index (κ1) is 24.2. The van der Waals surface area contributed by atoms with Crippen molar-refractivity contribution in [1.29, 1.82) is 0 Å². The van der Waals surface area contributed by atoms with Gasteiger partial charge in [-0.05, 0) is 57.9 Å². The van der Waals surface area contributed by atoms with Gasteiger partial charge >= 0.3 is 0 Å². The Morgan fingerprint density at radius 3 is 2.57 bits per heavy atom. The number of guanidine groups is 1. The van der Waals surface area contributed by atoms with Crippen LogP contribution in [0, 0.1) is 6.92 Å². The van der Waals surface area contributed by atoms with Gasteiger partial charge < -0.3 is 20.3 Å². The topological polar surface area (TPSA) is 61.8 Å². The molecule has 2 heterocycles. The second-order valence-corrected chi connectivity index (χ2v) is 7.50. The molecule has 0 radical (unpaired) electrons. The molecule has 1 fully saturated rings. The lowest BCUT2D eigenvalue weighted by Crippen LogP contribution is -2.49. The summed E-state index contributed by atoms with van der Waals surface area (Å²) < 4.78 is 5.93. The Labute approximate surface area is 197 Å². The van der Waals surface area contributed by atoms with Crippen LogP contribution in [-0.2, 0) is 0 Å². The molecule has 0 spiro atoms. The summed E-state index contributed by atoms with van der Waals surface area (Å²) in [5.41, 5.74) is 1.07. The van der Waals surface area contributed by atoms with Gasteiger partial charge in [0, 0.05) is 31.4 Å². The normalized spacial score (nSPS) is 15.8. The van der Waals surface area contributed by atoms with Crippen molar-refractivity contribution in [2.24, 2.45) is 4.99 Å². The molecule has 0 bridgehead atoms. The smallest absolute Gasteiger partial charge is 0.191 e. The number of hydrogen-bond donors (Lipinski definition) is 2. The highest BCUT2D eigenvalue weighted by Gasteiger charge is 2.21. The maximum absolute atomic E-state index is 5.93. The highest BCUT2D eigenvalue weighted by molar-refractivity contribution is 14.0. The third kappa shape index (κ3) is 7.66. The second-order valence-electron chi connectivity index (χ2n) is 7.50. The summed E-state index contributed by atoms with van der Waals surface area (Å²) >= 11 is 0. The molecule has 0 aliphatic carbocycles. The van der Waals surface area contributed by atoms with E-state index < -0.39 is 0 Å². The fraction of sp³-hybridized carbons (Fsp3) is 0.478. The molecule has 164 valence electrons. The van der Waals surface area contributed by atoms with E-state index in [9.17, 15) is 0 Å². The molecule has 7 heteroatoms. The number of benzene rings is 1. The molecule has 30 heavy (non-hydrogen) atoms. The molecule has 1 aliphatic heterocycles. The van der Waals surface area contributed by atoms with Crippen molar-refractivity contribution in [3.8, 4) is 5.75 Å². The first-order valence-corrected chi connectivity index (χ1v) is 10.6. The molecule has 3 rings (SSSR count). The van der Waals surface area contributed by atoms with Crippen molar-refractivity contribution in [3.63, 3.8) is 0 Å². The van der Waals surface area contributed by atoms with E-state index in [1.165, 1.54) is 0 Å². The first-order valence-electron chi connectivity index (χ1n) is 10.6. The van der Waals surface area contributed by atoms with Crippen LogP contribution < -0.4 is 20.3 Å². The highest BCUT2D eigenvalue weighted by Crippen LogP contribution is 2.18. The molecule has 2 N–H and O–H groups in total. The van der Waals surface area contributed by atoms with Crippen molar-refractivity contribution in [1.82, 2.24) is 15.6 Å². The van der Waals surface area contributed by atoms with E-state index >= 15 is 0 Å². The van der Waals surface area contributed by atoms with Gasteiger partial charge in [0.25, 0.3) is 0 Å². The van der Waals surface area contributed by atoms with Gasteiger partial charge in [0.15, 0.2) is 5.96 Å². The van der Waals surface area contributed by atoms with Crippen molar-refractivity contribution in [2.75, 3.05) is 31.1 Å². The van der Waals surface area contributed by atoms with E-state index in [1.54, 1.807) is 0 Å². The lowest BCUT2D eigenvalue weighted by molar-refractivity contribution is 0.230. The van der Waals surface area contributed by atoms with Crippen LogP contribution in [-0.4, -0.2) is 49.3 Å². The molecule has 1 saturated heterocycles. The number of aromatic nitrogens is 1. The van der Waals surface area contributed by atoms with Crippen LogP contribution in [0.25, 0.3) is 0 Å². The predicted molar refractivity (Wildman–Crippen MR) is 135 cm³/mol. The maximum Gasteiger partial charge on any atom is 0.191 e. The summed E-state index contributed by atoms with van der Waals surface area (Å²) in [4.78, 5) is 11.8. The number of nitrogens with zero attached hydrogens (tertiary/aromatic N) is 3. The Morgan fingerprint density at radius 2 is 1.90 bits per heavy atom. The summed E-state index contributed by atoms with van der Waals surface area (Å²) in [5.74, 6) is 2.82. The fourth-order valence-electron chi connectivity index (χ4n) is 3.46. The third-order valence-corrected chi connectivity index (χ3v) is 4.96. The molecule has 2 aromatic rings. The van der Waals surface area contributed by atoms with Crippen molar-refractivity contribution in [2.45, 2.75) is 45.8 Å². The largest absolute Gasteiger partial charge is 0.489 e. The van der Waals surface area contributed by atoms with Crippen LogP contribution in [0.4, 0.5) is 5.82 Å². The Morgan fingerprint density at radius 1 is 1.17 bits per heavy atom. The van der Waals surface area contributed by atoms with Gasteiger partial charge in [-0.1, -0.05) is 24.3 Å². The summed E-state index contributed by atoms with van der Waals surface area (Å²) in [6, 6.07) is 16.5. The Balaban J connectivity index is 0.00000320. The van der Waals surface area contributed by atoms with Crippen LogP contribution in [0.3, 0.4) is 0 Å². The van der Waals surface area contributed by atoms with Crippen molar-refractivity contribution in [3.05, 3.63) is 54.2 Å². The third-order valence-electron chi connectivity index (χ3n) is 4.96.